The van der Waals surface area contributed by atoms with Gasteiger partial charge in [0.2, 0.25) is 0 Å². The van der Waals surface area contributed by atoms with Crippen LogP contribution in [0.5, 0.6) is 0 Å². The Morgan fingerprint density at radius 2 is 1.85 bits per heavy atom. The number of para-hydroxylation sites is 2. The molecule has 0 aliphatic heterocycles. The molecule has 0 saturated heterocycles. The zero-order valence-corrected chi connectivity index (χ0v) is 18.1. The maximum atomic E-state index is 12.5. The largest absolute Gasteiger partial charge is 0.363 e. The van der Waals surface area contributed by atoms with Gasteiger partial charge in [-0.1, -0.05) is 42.5 Å². The van der Waals surface area contributed by atoms with Crippen molar-refractivity contribution in [3.05, 3.63) is 90.4 Å². The highest BCUT2D eigenvalue weighted by Gasteiger charge is 2.25. The number of hydrogen-bond acceptors (Lipinski definition) is 5. The number of pyridine rings is 1. The van der Waals surface area contributed by atoms with E-state index in [1.807, 2.05) is 67.0 Å². The van der Waals surface area contributed by atoms with E-state index < -0.39 is 0 Å². The molecule has 1 fully saturated rings. The molecule has 0 bridgehead atoms. The van der Waals surface area contributed by atoms with Crippen molar-refractivity contribution in [2.24, 2.45) is 5.92 Å². The number of rotatable bonds is 7. The van der Waals surface area contributed by atoms with E-state index in [0.29, 0.717) is 18.9 Å². The molecule has 0 spiro atoms. The highest BCUT2D eigenvalue weighted by atomic mass is 16.1. The molecule has 0 atom stereocenters. The smallest absolute Gasteiger partial charge is 0.181 e. The third-order valence-electron chi connectivity index (χ3n) is 6.18. The minimum Gasteiger partial charge on any atom is -0.363 e. The third kappa shape index (κ3) is 3.84. The molecule has 2 aromatic carbocycles. The summed E-state index contributed by atoms with van der Waals surface area (Å²) in [4.78, 5) is 26.2. The van der Waals surface area contributed by atoms with Gasteiger partial charge in [-0.25, -0.2) is 9.97 Å². The zero-order valence-electron chi connectivity index (χ0n) is 18.1. The molecule has 5 aromatic rings. The predicted molar refractivity (Wildman–Crippen MR) is 129 cm³/mol. The van der Waals surface area contributed by atoms with Crippen molar-refractivity contribution in [3.8, 4) is 11.3 Å². The van der Waals surface area contributed by atoms with Crippen LogP contribution in [0.2, 0.25) is 0 Å². The van der Waals surface area contributed by atoms with Crippen LogP contribution in [0.1, 0.15) is 35.2 Å². The molecule has 162 valence electrons. The zero-order chi connectivity index (χ0) is 22.2. The first-order valence-electron chi connectivity index (χ1n) is 11.3. The Labute approximate surface area is 191 Å². The molecule has 3 heterocycles. The topological polar surface area (TPSA) is 72.2 Å². The highest BCUT2D eigenvalue weighted by Crippen LogP contribution is 2.34. The molecule has 0 amide bonds. The first-order chi connectivity index (χ1) is 16.3. The molecular formula is C27H23N5O. The Morgan fingerprint density at radius 3 is 2.64 bits per heavy atom. The quantitative estimate of drug-likeness (QED) is 0.341. The van der Waals surface area contributed by atoms with Crippen LogP contribution in [-0.2, 0) is 6.54 Å². The van der Waals surface area contributed by atoms with Crippen LogP contribution in [0, 0.1) is 5.92 Å². The van der Waals surface area contributed by atoms with E-state index in [9.17, 15) is 4.79 Å². The number of imidazole rings is 1. The van der Waals surface area contributed by atoms with Crippen molar-refractivity contribution in [2.45, 2.75) is 25.8 Å². The van der Waals surface area contributed by atoms with Crippen LogP contribution in [0.4, 0.5) is 5.82 Å². The van der Waals surface area contributed by atoms with Crippen LogP contribution in [0.3, 0.4) is 0 Å². The molecular weight excluding hydrogens is 410 g/mol. The molecule has 3 aromatic heterocycles. The number of nitrogens with zero attached hydrogens (tertiary/aromatic N) is 4. The normalized spacial score (nSPS) is 13.5. The van der Waals surface area contributed by atoms with Gasteiger partial charge in [0.05, 0.1) is 22.9 Å². The summed E-state index contributed by atoms with van der Waals surface area (Å²) in [5, 5.41) is 3.43. The summed E-state index contributed by atoms with van der Waals surface area (Å²) < 4.78 is 2.13. The van der Waals surface area contributed by atoms with Gasteiger partial charge in [0, 0.05) is 36.5 Å². The van der Waals surface area contributed by atoms with Crippen LogP contribution >= 0.6 is 0 Å². The van der Waals surface area contributed by atoms with Gasteiger partial charge in [-0.2, -0.15) is 0 Å². The molecule has 1 saturated carbocycles. The van der Waals surface area contributed by atoms with Gasteiger partial charge >= 0.3 is 0 Å². The average Bonchev–Trinajstić information content (AvgIpc) is 3.57. The molecule has 6 nitrogen and oxygen atoms in total. The fourth-order valence-electron chi connectivity index (χ4n) is 4.22. The average molecular weight is 434 g/mol. The fourth-order valence-corrected chi connectivity index (χ4v) is 4.22. The summed E-state index contributed by atoms with van der Waals surface area (Å²) in [6.45, 7) is 0.606. The predicted octanol–water partition coefficient (Wildman–Crippen LogP) is 5.54. The number of ketones is 1. The van der Waals surface area contributed by atoms with E-state index in [4.69, 9.17) is 9.97 Å². The van der Waals surface area contributed by atoms with Crippen LogP contribution in [-0.4, -0.2) is 25.1 Å². The Bertz CT molecular complexity index is 1450. The minimum absolute atomic E-state index is 0.235. The number of carbonyl (C=O) groups is 1. The number of hydrogen-bond donors (Lipinski definition) is 1. The summed E-state index contributed by atoms with van der Waals surface area (Å²) in [6, 6.07) is 19.9. The van der Waals surface area contributed by atoms with E-state index in [1.165, 1.54) is 12.8 Å². The van der Waals surface area contributed by atoms with Crippen molar-refractivity contribution < 1.29 is 4.79 Å². The van der Waals surface area contributed by atoms with E-state index in [0.717, 1.165) is 44.9 Å². The van der Waals surface area contributed by atoms with Crippen molar-refractivity contribution in [2.75, 3.05) is 5.32 Å². The van der Waals surface area contributed by atoms with Crippen molar-refractivity contribution in [3.63, 3.8) is 0 Å². The van der Waals surface area contributed by atoms with E-state index in [-0.39, 0.29) is 5.78 Å². The third-order valence-corrected chi connectivity index (χ3v) is 6.18. The van der Waals surface area contributed by atoms with Gasteiger partial charge in [0.1, 0.15) is 0 Å². The Kier molecular flexibility index (Phi) is 4.83. The van der Waals surface area contributed by atoms with Crippen LogP contribution in [0.25, 0.3) is 27.9 Å². The van der Waals surface area contributed by atoms with Gasteiger partial charge in [0.25, 0.3) is 0 Å². The molecule has 33 heavy (non-hydrogen) atoms. The van der Waals surface area contributed by atoms with E-state index >= 15 is 0 Å². The van der Waals surface area contributed by atoms with E-state index in [2.05, 4.69) is 20.8 Å². The van der Waals surface area contributed by atoms with Crippen molar-refractivity contribution >= 4 is 28.3 Å². The van der Waals surface area contributed by atoms with Gasteiger partial charge in [-0.15, -0.1) is 0 Å². The summed E-state index contributed by atoms with van der Waals surface area (Å²) in [7, 11) is 0. The lowest BCUT2D eigenvalue weighted by molar-refractivity contribution is 0.0976. The molecule has 6 rings (SSSR count). The SMILES string of the molecule is O=C(CC1CC1)c1ccc(-c2cnc3c(NCc4cccnc4)nc4ccccc4n23)cc1. The summed E-state index contributed by atoms with van der Waals surface area (Å²) in [6.07, 6.45) is 8.51. The molecule has 1 aliphatic rings. The van der Waals surface area contributed by atoms with E-state index in [1.54, 1.807) is 6.20 Å². The summed E-state index contributed by atoms with van der Waals surface area (Å²) >= 11 is 0. The molecule has 0 unspecified atom stereocenters. The number of benzene rings is 2. The lowest BCUT2D eigenvalue weighted by Crippen LogP contribution is -2.05. The first-order valence-corrected chi connectivity index (χ1v) is 11.3. The van der Waals surface area contributed by atoms with Gasteiger partial charge < -0.3 is 5.32 Å². The van der Waals surface area contributed by atoms with Crippen LogP contribution < -0.4 is 5.32 Å². The number of carbonyl (C=O) groups excluding carboxylic acids is 1. The molecule has 0 radical (unpaired) electrons. The number of anilines is 1. The Balaban J connectivity index is 1.40. The van der Waals surface area contributed by atoms with Crippen LogP contribution in [0.15, 0.2) is 79.3 Å². The van der Waals surface area contributed by atoms with Crippen molar-refractivity contribution in [1.29, 1.82) is 0 Å². The lowest BCUT2D eigenvalue weighted by atomic mass is 10.0. The number of Topliss-reactive ketones (excluding diaryl/α,β-unsaturated/α-hetero) is 1. The molecule has 1 N–H and O–H groups in total. The minimum atomic E-state index is 0.235. The molecule has 1 aliphatic carbocycles. The fraction of sp³-hybridized carbons (Fsp3) is 0.185. The van der Waals surface area contributed by atoms with Gasteiger partial charge in [0.15, 0.2) is 17.2 Å². The molecule has 6 heteroatoms. The van der Waals surface area contributed by atoms with Gasteiger partial charge in [-0.3, -0.25) is 14.2 Å². The number of nitrogens with one attached hydrogen (secondary N) is 1. The standard InChI is InChI=1S/C27H23N5O/c33-25(14-18-7-8-18)21-11-9-20(10-12-21)24-17-30-27-26(29-16-19-4-3-13-28-15-19)31-22-5-1-2-6-23(22)32(24)27/h1-6,9-13,15,17-18H,7-8,14,16H2,(H,29,31). The van der Waals surface area contributed by atoms with Gasteiger partial charge in [-0.05, 0) is 42.5 Å². The highest BCUT2D eigenvalue weighted by molar-refractivity contribution is 5.97. The maximum Gasteiger partial charge on any atom is 0.181 e. The van der Waals surface area contributed by atoms with Crippen molar-refractivity contribution in [1.82, 2.24) is 19.4 Å². The number of fused-ring (bicyclic) bond motifs is 3. The second kappa shape index (κ2) is 8.13. The maximum absolute atomic E-state index is 12.5. The monoisotopic (exact) mass is 433 g/mol. The Morgan fingerprint density at radius 1 is 1.00 bits per heavy atom. The summed E-state index contributed by atoms with van der Waals surface area (Å²) in [5.41, 5.74) is 6.47. The summed E-state index contributed by atoms with van der Waals surface area (Å²) in [5.74, 6) is 1.55. The Hall–Kier alpha value is -4.06. The lowest BCUT2D eigenvalue weighted by Gasteiger charge is -2.12. The number of aromatic nitrogens is 4. The first kappa shape index (κ1) is 19.6. The second-order valence-corrected chi connectivity index (χ2v) is 8.61. The second-order valence-electron chi connectivity index (χ2n) is 8.61.